The van der Waals surface area contributed by atoms with Gasteiger partial charge in [-0.3, -0.25) is 4.79 Å². The molecule has 1 N–H and O–H groups in total. The van der Waals surface area contributed by atoms with Gasteiger partial charge in [0.25, 0.3) is 5.56 Å². The van der Waals surface area contributed by atoms with Crippen molar-refractivity contribution in [2.45, 2.75) is 30.9 Å². The zero-order valence-electron chi connectivity index (χ0n) is 11.5. The summed E-state index contributed by atoms with van der Waals surface area (Å²) >= 11 is 7.55. The summed E-state index contributed by atoms with van der Waals surface area (Å²) in [5.74, 6) is 1.82. The van der Waals surface area contributed by atoms with Crippen LogP contribution in [0.1, 0.15) is 25.4 Å². The monoisotopic (exact) mass is 308 g/mol. The van der Waals surface area contributed by atoms with Crippen LogP contribution >= 0.6 is 23.4 Å². The van der Waals surface area contributed by atoms with Gasteiger partial charge in [0.2, 0.25) is 0 Å². The normalized spacial score (nSPS) is 11.0. The van der Waals surface area contributed by atoms with Crippen molar-refractivity contribution in [2.24, 2.45) is 5.92 Å². The van der Waals surface area contributed by atoms with Crippen molar-refractivity contribution in [2.75, 3.05) is 0 Å². The predicted molar refractivity (Wildman–Crippen MR) is 84.4 cm³/mol. The third-order valence-corrected chi connectivity index (χ3v) is 3.87. The van der Waals surface area contributed by atoms with Gasteiger partial charge in [-0.15, -0.1) is 11.8 Å². The molecule has 0 radical (unpaired) electrons. The Morgan fingerprint density at radius 3 is 2.85 bits per heavy atom. The van der Waals surface area contributed by atoms with Crippen molar-refractivity contribution in [1.29, 1.82) is 0 Å². The number of halogens is 1. The first kappa shape index (κ1) is 15.1. The number of benzene rings is 1. The second-order valence-electron chi connectivity index (χ2n) is 5.03. The zero-order valence-corrected chi connectivity index (χ0v) is 13.1. The standard InChI is InChI=1S/C15H17ClN2OS/c1-10(2)6-12-8-15(19)18-14(17-12)9-20-13-5-3-4-11(16)7-13/h3-5,7-8,10H,6,9H2,1-2H3,(H,17,18,19). The number of nitrogens with zero attached hydrogens (tertiary/aromatic N) is 1. The largest absolute Gasteiger partial charge is 0.310 e. The SMILES string of the molecule is CC(C)Cc1cc(=O)[nH]c(CSc2cccc(Cl)c2)n1. The lowest BCUT2D eigenvalue weighted by Crippen LogP contribution is -2.13. The number of H-pyrrole nitrogens is 1. The fraction of sp³-hybridized carbons (Fsp3) is 0.333. The Labute approximate surface area is 127 Å². The molecule has 0 aliphatic rings. The van der Waals surface area contributed by atoms with Gasteiger partial charge in [0, 0.05) is 21.7 Å². The lowest BCUT2D eigenvalue weighted by Gasteiger charge is -2.06. The van der Waals surface area contributed by atoms with Crippen molar-refractivity contribution in [3.05, 3.63) is 57.2 Å². The first-order valence-corrected chi connectivity index (χ1v) is 7.87. The van der Waals surface area contributed by atoms with Crippen LogP contribution in [0, 0.1) is 5.92 Å². The van der Waals surface area contributed by atoms with E-state index in [9.17, 15) is 4.79 Å². The maximum absolute atomic E-state index is 11.6. The highest BCUT2D eigenvalue weighted by Crippen LogP contribution is 2.23. The maximum atomic E-state index is 11.6. The minimum atomic E-state index is -0.0858. The van der Waals surface area contributed by atoms with Crippen molar-refractivity contribution >= 4 is 23.4 Å². The minimum Gasteiger partial charge on any atom is -0.310 e. The van der Waals surface area contributed by atoms with Gasteiger partial charge in [0.15, 0.2) is 0 Å². The second-order valence-corrected chi connectivity index (χ2v) is 6.51. The summed E-state index contributed by atoms with van der Waals surface area (Å²) in [5, 5.41) is 0.713. The molecule has 0 bridgehead atoms. The molecule has 0 spiro atoms. The molecule has 1 heterocycles. The van der Waals surface area contributed by atoms with Crippen LogP contribution in [0.3, 0.4) is 0 Å². The van der Waals surface area contributed by atoms with E-state index in [1.807, 2.05) is 24.3 Å². The molecule has 106 valence electrons. The van der Waals surface area contributed by atoms with E-state index in [2.05, 4.69) is 23.8 Å². The fourth-order valence-electron chi connectivity index (χ4n) is 1.86. The number of aromatic amines is 1. The predicted octanol–water partition coefficient (Wildman–Crippen LogP) is 3.91. The number of rotatable bonds is 5. The summed E-state index contributed by atoms with van der Waals surface area (Å²) in [4.78, 5) is 20.0. The highest BCUT2D eigenvalue weighted by atomic mass is 35.5. The molecule has 0 saturated carbocycles. The average molecular weight is 309 g/mol. The van der Waals surface area contributed by atoms with Gasteiger partial charge in [-0.2, -0.15) is 0 Å². The third kappa shape index (κ3) is 4.69. The van der Waals surface area contributed by atoms with Gasteiger partial charge in [-0.05, 0) is 30.5 Å². The summed E-state index contributed by atoms with van der Waals surface area (Å²) in [6.07, 6.45) is 0.818. The van der Waals surface area contributed by atoms with E-state index in [-0.39, 0.29) is 5.56 Å². The van der Waals surface area contributed by atoms with Crippen molar-refractivity contribution < 1.29 is 0 Å². The number of hydrogen-bond donors (Lipinski definition) is 1. The van der Waals surface area contributed by atoms with Crippen LogP contribution in [-0.2, 0) is 12.2 Å². The van der Waals surface area contributed by atoms with Crippen LogP contribution in [0.4, 0.5) is 0 Å². The summed E-state index contributed by atoms with van der Waals surface area (Å²) in [6.45, 7) is 4.23. The topological polar surface area (TPSA) is 45.8 Å². The molecule has 0 atom stereocenters. The van der Waals surface area contributed by atoms with E-state index in [4.69, 9.17) is 11.6 Å². The van der Waals surface area contributed by atoms with E-state index in [0.717, 1.165) is 17.0 Å². The average Bonchev–Trinajstić information content (AvgIpc) is 2.35. The van der Waals surface area contributed by atoms with Crippen LogP contribution in [0.5, 0.6) is 0 Å². The van der Waals surface area contributed by atoms with E-state index < -0.39 is 0 Å². The first-order valence-electron chi connectivity index (χ1n) is 6.50. The molecule has 3 nitrogen and oxygen atoms in total. The van der Waals surface area contributed by atoms with E-state index in [1.165, 1.54) is 0 Å². The molecule has 0 aliphatic carbocycles. The van der Waals surface area contributed by atoms with E-state index >= 15 is 0 Å². The quantitative estimate of drug-likeness (QED) is 0.852. The van der Waals surface area contributed by atoms with Crippen LogP contribution < -0.4 is 5.56 Å². The smallest absolute Gasteiger partial charge is 0.251 e. The summed E-state index contributed by atoms with van der Waals surface area (Å²) in [6, 6.07) is 9.23. The Balaban J connectivity index is 2.09. The summed E-state index contributed by atoms with van der Waals surface area (Å²) in [7, 11) is 0. The molecule has 1 aromatic heterocycles. The highest BCUT2D eigenvalue weighted by molar-refractivity contribution is 7.98. The molecule has 0 fully saturated rings. The molecule has 0 unspecified atom stereocenters. The summed E-state index contributed by atoms with van der Waals surface area (Å²) in [5.41, 5.74) is 0.766. The first-order chi connectivity index (χ1) is 9.52. The van der Waals surface area contributed by atoms with Gasteiger partial charge in [0.1, 0.15) is 5.82 Å². The maximum Gasteiger partial charge on any atom is 0.251 e. The Morgan fingerprint density at radius 2 is 2.15 bits per heavy atom. The lowest BCUT2D eigenvalue weighted by molar-refractivity contribution is 0.630. The number of nitrogens with one attached hydrogen (secondary N) is 1. The van der Waals surface area contributed by atoms with Gasteiger partial charge in [0.05, 0.1) is 5.75 Å². The van der Waals surface area contributed by atoms with Gasteiger partial charge < -0.3 is 4.98 Å². The van der Waals surface area contributed by atoms with Gasteiger partial charge in [-0.25, -0.2) is 4.98 Å². The highest BCUT2D eigenvalue weighted by Gasteiger charge is 2.05. The third-order valence-electron chi connectivity index (χ3n) is 2.63. The minimum absolute atomic E-state index is 0.0858. The molecule has 2 aromatic rings. The molecule has 5 heteroatoms. The van der Waals surface area contributed by atoms with Crippen LogP contribution in [-0.4, -0.2) is 9.97 Å². The van der Waals surface area contributed by atoms with E-state index in [1.54, 1.807) is 17.8 Å². The number of thioether (sulfide) groups is 1. The van der Waals surface area contributed by atoms with Gasteiger partial charge in [-0.1, -0.05) is 31.5 Å². The zero-order chi connectivity index (χ0) is 14.5. The van der Waals surface area contributed by atoms with Crippen molar-refractivity contribution in [3.63, 3.8) is 0 Å². The molecular formula is C15H17ClN2OS. The number of aromatic nitrogens is 2. The molecule has 0 aliphatic heterocycles. The van der Waals surface area contributed by atoms with E-state index in [0.29, 0.717) is 22.5 Å². The van der Waals surface area contributed by atoms with Gasteiger partial charge >= 0.3 is 0 Å². The fourth-order valence-corrected chi connectivity index (χ4v) is 2.94. The van der Waals surface area contributed by atoms with Crippen molar-refractivity contribution in [3.8, 4) is 0 Å². The molecule has 0 amide bonds. The molecule has 0 saturated heterocycles. The Hall–Kier alpha value is -1.26. The Morgan fingerprint density at radius 1 is 1.35 bits per heavy atom. The molecular weight excluding hydrogens is 292 g/mol. The Kier molecular flexibility index (Phi) is 5.26. The van der Waals surface area contributed by atoms with Crippen molar-refractivity contribution in [1.82, 2.24) is 9.97 Å². The van der Waals surface area contributed by atoms with Crippen LogP contribution in [0.15, 0.2) is 40.0 Å². The van der Waals surface area contributed by atoms with Crippen LogP contribution in [0.25, 0.3) is 0 Å². The summed E-state index contributed by atoms with van der Waals surface area (Å²) < 4.78 is 0. The number of hydrogen-bond acceptors (Lipinski definition) is 3. The molecule has 20 heavy (non-hydrogen) atoms. The molecule has 1 aromatic carbocycles. The second kappa shape index (κ2) is 6.95. The lowest BCUT2D eigenvalue weighted by atomic mass is 10.1. The van der Waals surface area contributed by atoms with Crippen LogP contribution in [0.2, 0.25) is 5.02 Å². The Bertz CT molecular complexity index is 640. The molecule has 2 rings (SSSR count).